The summed E-state index contributed by atoms with van der Waals surface area (Å²) in [6.45, 7) is 13.5. The molecule has 0 amide bonds. The molecule has 2 aromatic rings. The molecule has 1 unspecified atom stereocenters. The first-order chi connectivity index (χ1) is 19.2. The molecule has 2 aromatic heterocycles. The number of nitrogens with two attached hydrogens (primary N) is 1. The fourth-order valence-electron chi connectivity index (χ4n) is 3.65. The van der Waals surface area contributed by atoms with E-state index in [0.29, 0.717) is 11.3 Å². The van der Waals surface area contributed by atoms with Crippen LogP contribution in [0.2, 0.25) is 0 Å². The lowest BCUT2D eigenvalue weighted by molar-refractivity contribution is -0.228. The number of aromatic nitrogens is 4. The average molecular weight is 594 g/mol. The summed E-state index contributed by atoms with van der Waals surface area (Å²) in [6.07, 6.45) is -0.533. The van der Waals surface area contributed by atoms with Gasteiger partial charge in [0.15, 0.2) is 18.9 Å². The number of hydrogen-bond acceptors (Lipinski definition) is 12. The van der Waals surface area contributed by atoms with Gasteiger partial charge in [-0.15, -0.1) is 0 Å². The Hall–Kier alpha value is -3.81. The highest BCUT2D eigenvalue weighted by atomic mass is 19.2. The van der Waals surface area contributed by atoms with Crippen molar-refractivity contribution in [2.24, 2.45) is 16.2 Å². The first kappa shape index (κ1) is 32.7. The molecule has 42 heavy (non-hydrogen) atoms. The van der Waals surface area contributed by atoms with Gasteiger partial charge in [0, 0.05) is 12.4 Å². The first-order valence-corrected chi connectivity index (χ1v) is 13.3. The van der Waals surface area contributed by atoms with E-state index >= 15 is 4.39 Å². The number of nitrogens with zero attached hydrogens (tertiary/aromatic N) is 4. The van der Waals surface area contributed by atoms with Crippen molar-refractivity contribution in [1.82, 2.24) is 19.5 Å². The Morgan fingerprint density at radius 1 is 0.976 bits per heavy atom. The van der Waals surface area contributed by atoms with Crippen LogP contribution in [0.25, 0.3) is 11.3 Å². The molecular weight excluding hydrogens is 553 g/mol. The minimum atomic E-state index is -2.90. The number of nitrogen functional groups attached to an aromatic ring is 1. The summed E-state index contributed by atoms with van der Waals surface area (Å²) in [4.78, 5) is 51.0. The smallest absolute Gasteiger partial charge is 0.311 e. The molecule has 1 aliphatic heterocycles. The van der Waals surface area contributed by atoms with E-state index in [1.165, 1.54) is 30.4 Å². The number of ether oxygens (including phenoxy) is 5. The highest BCUT2D eigenvalue weighted by Crippen LogP contribution is 2.44. The van der Waals surface area contributed by atoms with Crippen LogP contribution in [0.3, 0.4) is 0 Å². The highest BCUT2D eigenvalue weighted by Gasteiger charge is 2.63. The summed E-state index contributed by atoms with van der Waals surface area (Å²) in [7, 11) is 1.40. The van der Waals surface area contributed by atoms with Gasteiger partial charge < -0.3 is 34.0 Å². The van der Waals surface area contributed by atoms with Gasteiger partial charge in [-0.1, -0.05) is 0 Å². The summed E-state index contributed by atoms with van der Waals surface area (Å²) >= 11 is 0. The van der Waals surface area contributed by atoms with Crippen LogP contribution in [0.1, 0.15) is 68.5 Å². The second kappa shape index (κ2) is 11.5. The Morgan fingerprint density at radius 2 is 1.55 bits per heavy atom. The maximum Gasteiger partial charge on any atom is 0.311 e. The van der Waals surface area contributed by atoms with E-state index in [9.17, 15) is 14.4 Å². The Kier molecular flexibility index (Phi) is 8.92. The third-order valence-corrected chi connectivity index (χ3v) is 6.17. The molecule has 0 spiro atoms. The molecule has 2 N–H and O–H groups in total. The number of rotatable bonds is 7. The van der Waals surface area contributed by atoms with Gasteiger partial charge in [0.1, 0.15) is 0 Å². The molecule has 0 aromatic carbocycles. The zero-order chi connectivity index (χ0) is 31.8. The van der Waals surface area contributed by atoms with Crippen LogP contribution in [0.5, 0.6) is 5.88 Å². The van der Waals surface area contributed by atoms with Crippen molar-refractivity contribution >= 4 is 23.9 Å². The van der Waals surface area contributed by atoms with E-state index in [4.69, 9.17) is 29.4 Å². The summed E-state index contributed by atoms with van der Waals surface area (Å²) < 4.78 is 46.0. The van der Waals surface area contributed by atoms with Gasteiger partial charge in [-0.05, 0) is 62.3 Å². The topological polar surface area (TPSA) is 167 Å². The van der Waals surface area contributed by atoms with Crippen molar-refractivity contribution in [2.45, 2.75) is 86.6 Å². The normalized spacial score (nSPS) is 22.9. The van der Waals surface area contributed by atoms with E-state index in [2.05, 4.69) is 15.0 Å². The third kappa shape index (κ3) is 7.15. The van der Waals surface area contributed by atoms with E-state index in [1.807, 2.05) is 0 Å². The van der Waals surface area contributed by atoms with Crippen LogP contribution in [0, 0.1) is 16.2 Å². The average Bonchev–Trinajstić information content (AvgIpc) is 3.44. The summed E-state index contributed by atoms with van der Waals surface area (Å²) in [5.41, 5.74) is 3.33. The number of carbonyl (C=O) groups excluding carboxylic acids is 3. The van der Waals surface area contributed by atoms with Gasteiger partial charge in [0.05, 0.1) is 40.9 Å². The maximum absolute atomic E-state index is 16.8. The zero-order valence-corrected chi connectivity index (χ0v) is 25.7. The Bertz CT molecular complexity index is 1330. The Labute approximate surface area is 244 Å². The number of imidazole rings is 1. The summed E-state index contributed by atoms with van der Waals surface area (Å²) in [5, 5.41) is 0. The van der Waals surface area contributed by atoms with E-state index in [1.54, 1.807) is 62.3 Å². The largest absolute Gasteiger partial charge is 0.480 e. The zero-order valence-electron chi connectivity index (χ0n) is 25.7. The van der Waals surface area contributed by atoms with Crippen LogP contribution < -0.4 is 10.5 Å². The van der Waals surface area contributed by atoms with Gasteiger partial charge in [-0.3, -0.25) is 14.4 Å². The van der Waals surface area contributed by atoms with E-state index in [-0.39, 0.29) is 11.8 Å². The van der Waals surface area contributed by atoms with Crippen molar-refractivity contribution in [3.05, 3.63) is 18.7 Å². The van der Waals surface area contributed by atoms with Crippen molar-refractivity contribution in [1.29, 1.82) is 0 Å². The minimum Gasteiger partial charge on any atom is -0.480 e. The van der Waals surface area contributed by atoms with Crippen molar-refractivity contribution in [3.8, 4) is 17.1 Å². The van der Waals surface area contributed by atoms with Crippen LogP contribution in [-0.4, -0.2) is 69.2 Å². The molecule has 3 rings (SSSR count). The molecule has 0 bridgehead atoms. The lowest BCUT2D eigenvalue weighted by Crippen LogP contribution is -2.50. The summed E-state index contributed by atoms with van der Waals surface area (Å²) in [6, 6.07) is 0. The van der Waals surface area contributed by atoms with Crippen molar-refractivity contribution in [2.75, 3.05) is 19.5 Å². The molecule has 1 saturated heterocycles. The van der Waals surface area contributed by atoms with Gasteiger partial charge in [0.2, 0.25) is 17.9 Å². The maximum atomic E-state index is 16.8. The predicted octanol–water partition coefficient (Wildman–Crippen LogP) is 3.63. The first-order valence-electron chi connectivity index (χ1n) is 13.3. The second-order valence-electron chi connectivity index (χ2n) is 13.2. The van der Waals surface area contributed by atoms with Crippen LogP contribution >= 0.6 is 0 Å². The Balaban J connectivity index is 2.10. The van der Waals surface area contributed by atoms with Crippen molar-refractivity contribution < 1.29 is 42.5 Å². The van der Waals surface area contributed by atoms with Crippen LogP contribution in [-0.2, 0) is 33.3 Å². The molecule has 1 aliphatic rings. The molecule has 1 fully saturated rings. The number of hydrogen-bond donors (Lipinski definition) is 1. The lowest BCUT2D eigenvalue weighted by atomic mass is 9.96. The number of esters is 3. The standard InChI is InChI=1S/C28H40FN5O8/c1-25(2,3)21(35)39-13-28(29)18(41-23(37)27(7,8)9)17(40-22(36)26(4,5)6)20(42-28)34-12-16(32-14-34)15-11-31-24(30)33-19(15)38-10/h11-12,14,17-18,20H,13H2,1-10H3,(H2,30,31,33)/t17-,18?,20+,28+/m0/s1. The molecule has 0 saturated carbocycles. The number of carbonyl (C=O) groups is 3. The van der Waals surface area contributed by atoms with E-state index < -0.39 is 65.1 Å². The van der Waals surface area contributed by atoms with Gasteiger partial charge >= 0.3 is 17.9 Å². The quantitative estimate of drug-likeness (QED) is 0.366. The van der Waals surface area contributed by atoms with E-state index in [0.717, 1.165) is 0 Å². The number of anilines is 1. The van der Waals surface area contributed by atoms with Crippen LogP contribution in [0.15, 0.2) is 18.7 Å². The Morgan fingerprint density at radius 3 is 2.10 bits per heavy atom. The van der Waals surface area contributed by atoms with Gasteiger partial charge in [0.25, 0.3) is 5.85 Å². The molecule has 4 atom stereocenters. The van der Waals surface area contributed by atoms with Crippen LogP contribution in [0.4, 0.5) is 10.3 Å². The monoisotopic (exact) mass is 593 g/mol. The molecule has 3 heterocycles. The van der Waals surface area contributed by atoms with Gasteiger partial charge in [-0.25, -0.2) is 14.4 Å². The fraction of sp³-hybridized carbons (Fsp3) is 0.643. The molecule has 232 valence electrons. The second-order valence-corrected chi connectivity index (χ2v) is 13.2. The number of methoxy groups -OCH3 is 1. The molecule has 14 heteroatoms. The minimum absolute atomic E-state index is 0.0150. The fourth-order valence-corrected chi connectivity index (χ4v) is 3.65. The number of alkyl halides is 1. The summed E-state index contributed by atoms with van der Waals surface area (Å²) in [5.74, 6) is -4.98. The molecular formula is C28H40FN5O8. The molecule has 0 radical (unpaired) electrons. The number of halogens is 1. The molecule has 0 aliphatic carbocycles. The molecule has 13 nitrogen and oxygen atoms in total. The highest BCUT2D eigenvalue weighted by molar-refractivity contribution is 5.77. The predicted molar refractivity (Wildman–Crippen MR) is 147 cm³/mol. The van der Waals surface area contributed by atoms with Gasteiger partial charge in [-0.2, -0.15) is 4.98 Å². The van der Waals surface area contributed by atoms with Crippen molar-refractivity contribution in [3.63, 3.8) is 0 Å². The third-order valence-electron chi connectivity index (χ3n) is 6.17. The lowest BCUT2D eigenvalue weighted by Gasteiger charge is -2.31. The SMILES string of the molecule is COc1nc(N)ncc1-c1cn([C@@H]2O[C@](F)(COC(=O)C(C)(C)C)C(OC(=O)C(C)(C)C)[C@@H]2OC(=O)C(C)(C)C)cn1.